The Labute approximate surface area is 141 Å². The van der Waals surface area contributed by atoms with Gasteiger partial charge in [0.15, 0.2) is 0 Å². The zero-order valence-electron chi connectivity index (χ0n) is 14.2. The second-order valence-electron chi connectivity index (χ2n) is 7.66. The van der Waals surface area contributed by atoms with Gasteiger partial charge in [-0.2, -0.15) is 4.98 Å². The standard InChI is InChI=1S/C18H23N5O/c1-12-19-10-14-6-8-18(15(14)20-12)7-3-9-23(11-18)17-21-16(24-22-17)13-4-2-5-13/h10,13H,2-9,11H2,1H3. The summed E-state index contributed by atoms with van der Waals surface area (Å²) in [4.78, 5) is 16.2. The minimum Gasteiger partial charge on any atom is -0.337 e. The summed E-state index contributed by atoms with van der Waals surface area (Å²) in [5.41, 5.74) is 2.73. The molecule has 6 heteroatoms. The first kappa shape index (κ1) is 14.4. The Morgan fingerprint density at radius 3 is 2.96 bits per heavy atom. The van der Waals surface area contributed by atoms with E-state index in [0.717, 1.165) is 50.0 Å². The number of hydrogen-bond acceptors (Lipinski definition) is 6. The van der Waals surface area contributed by atoms with E-state index in [4.69, 9.17) is 14.5 Å². The lowest BCUT2D eigenvalue weighted by Gasteiger charge is -2.39. The summed E-state index contributed by atoms with van der Waals surface area (Å²) in [7, 11) is 0. The highest BCUT2D eigenvalue weighted by atomic mass is 16.5. The van der Waals surface area contributed by atoms with Crippen LogP contribution in [0, 0.1) is 6.92 Å². The average Bonchev–Trinajstić information content (AvgIpc) is 3.13. The Bertz CT molecular complexity index is 765. The SMILES string of the molecule is Cc1ncc2c(n1)C1(CCCN(c3noc(C4CCC4)n3)C1)CC2. The fourth-order valence-corrected chi connectivity index (χ4v) is 4.51. The third kappa shape index (κ3) is 2.15. The van der Waals surface area contributed by atoms with Crippen LogP contribution in [0.5, 0.6) is 0 Å². The molecule has 0 bridgehead atoms. The summed E-state index contributed by atoms with van der Waals surface area (Å²) in [6.07, 6.45) is 10.3. The lowest BCUT2D eigenvalue weighted by Crippen LogP contribution is -2.46. The highest BCUT2D eigenvalue weighted by Gasteiger charge is 2.44. The van der Waals surface area contributed by atoms with Crippen molar-refractivity contribution in [3.8, 4) is 0 Å². The second kappa shape index (κ2) is 5.26. The Hall–Kier alpha value is -1.98. The second-order valence-corrected chi connectivity index (χ2v) is 7.66. The molecular formula is C18H23N5O. The molecule has 0 N–H and O–H groups in total. The maximum Gasteiger partial charge on any atom is 0.266 e. The van der Waals surface area contributed by atoms with Crippen LogP contribution in [-0.4, -0.2) is 33.2 Å². The molecule has 1 atom stereocenters. The molecule has 5 rings (SSSR count). The van der Waals surface area contributed by atoms with Crippen molar-refractivity contribution in [1.29, 1.82) is 0 Å². The first-order valence-electron chi connectivity index (χ1n) is 9.15. The Morgan fingerprint density at radius 2 is 2.12 bits per heavy atom. The first-order chi connectivity index (χ1) is 11.7. The van der Waals surface area contributed by atoms with Gasteiger partial charge in [0.2, 0.25) is 5.89 Å². The molecule has 6 nitrogen and oxygen atoms in total. The molecule has 3 heterocycles. The van der Waals surface area contributed by atoms with Gasteiger partial charge in [-0.15, -0.1) is 0 Å². The van der Waals surface area contributed by atoms with Crippen LogP contribution in [0.3, 0.4) is 0 Å². The van der Waals surface area contributed by atoms with E-state index >= 15 is 0 Å². The van der Waals surface area contributed by atoms with Crippen molar-refractivity contribution in [2.75, 3.05) is 18.0 Å². The van der Waals surface area contributed by atoms with Crippen LogP contribution in [0.25, 0.3) is 0 Å². The van der Waals surface area contributed by atoms with Gasteiger partial charge in [-0.1, -0.05) is 6.42 Å². The lowest BCUT2D eigenvalue weighted by atomic mass is 9.77. The summed E-state index contributed by atoms with van der Waals surface area (Å²) < 4.78 is 5.53. The number of hydrogen-bond donors (Lipinski definition) is 0. The highest BCUT2D eigenvalue weighted by Crippen LogP contribution is 2.44. The zero-order chi connectivity index (χ0) is 16.1. The molecule has 24 heavy (non-hydrogen) atoms. The molecule has 2 aromatic heterocycles. The van der Waals surface area contributed by atoms with Crippen LogP contribution < -0.4 is 4.90 Å². The van der Waals surface area contributed by atoms with E-state index in [-0.39, 0.29) is 5.41 Å². The molecule has 1 saturated heterocycles. The van der Waals surface area contributed by atoms with E-state index in [1.165, 1.54) is 36.9 Å². The van der Waals surface area contributed by atoms with E-state index in [1.54, 1.807) is 0 Å². The van der Waals surface area contributed by atoms with E-state index in [2.05, 4.69) is 15.0 Å². The Kier molecular flexibility index (Phi) is 3.15. The fourth-order valence-electron chi connectivity index (χ4n) is 4.51. The van der Waals surface area contributed by atoms with Crippen LogP contribution in [-0.2, 0) is 11.8 Å². The number of piperidine rings is 1. The molecule has 1 spiro atoms. The van der Waals surface area contributed by atoms with Crippen LogP contribution in [0.1, 0.15) is 67.4 Å². The van der Waals surface area contributed by atoms with Crippen LogP contribution in [0.4, 0.5) is 5.95 Å². The minimum atomic E-state index is 0.137. The van der Waals surface area contributed by atoms with Gasteiger partial charge < -0.3 is 9.42 Å². The quantitative estimate of drug-likeness (QED) is 0.845. The summed E-state index contributed by atoms with van der Waals surface area (Å²) >= 11 is 0. The number of rotatable bonds is 2. The normalized spacial score (nSPS) is 26.6. The Morgan fingerprint density at radius 1 is 1.21 bits per heavy atom. The first-order valence-corrected chi connectivity index (χ1v) is 9.15. The van der Waals surface area contributed by atoms with Crippen molar-refractivity contribution in [1.82, 2.24) is 20.1 Å². The topological polar surface area (TPSA) is 67.9 Å². The van der Waals surface area contributed by atoms with E-state index in [9.17, 15) is 0 Å². The third-order valence-electron chi connectivity index (χ3n) is 6.11. The summed E-state index contributed by atoms with van der Waals surface area (Å²) in [6.45, 7) is 3.93. The third-order valence-corrected chi connectivity index (χ3v) is 6.11. The van der Waals surface area contributed by atoms with Gasteiger partial charge in [-0.3, -0.25) is 0 Å². The largest absolute Gasteiger partial charge is 0.337 e. The van der Waals surface area contributed by atoms with E-state index in [1.807, 2.05) is 13.1 Å². The molecule has 126 valence electrons. The van der Waals surface area contributed by atoms with Crippen molar-refractivity contribution in [3.63, 3.8) is 0 Å². The van der Waals surface area contributed by atoms with Gasteiger partial charge in [-0.05, 0) is 56.2 Å². The van der Waals surface area contributed by atoms with Crippen LogP contribution in [0.15, 0.2) is 10.7 Å². The van der Waals surface area contributed by atoms with E-state index in [0.29, 0.717) is 5.92 Å². The maximum absolute atomic E-state index is 5.53. The fraction of sp³-hybridized carbons (Fsp3) is 0.667. The smallest absolute Gasteiger partial charge is 0.266 e. The molecule has 0 radical (unpaired) electrons. The van der Waals surface area contributed by atoms with Crippen molar-refractivity contribution >= 4 is 5.95 Å². The monoisotopic (exact) mass is 325 g/mol. The molecule has 2 aliphatic carbocycles. The van der Waals surface area contributed by atoms with Crippen molar-refractivity contribution in [2.45, 2.75) is 63.2 Å². The molecule has 1 aliphatic heterocycles. The average molecular weight is 325 g/mol. The number of aryl methyl sites for hydroxylation is 2. The van der Waals surface area contributed by atoms with Crippen LogP contribution >= 0.6 is 0 Å². The minimum absolute atomic E-state index is 0.137. The molecule has 1 unspecified atom stereocenters. The summed E-state index contributed by atoms with van der Waals surface area (Å²) in [5.74, 6) is 2.97. The van der Waals surface area contributed by atoms with Crippen molar-refractivity contribution in [3.05, 3.63) is 29.2 Å². The molecule has 3 aliphatic rings. The number of aromatic nitrogens is 4. The molecule has 2 aromatic rings. The molecule has 0 aromatic carbocycles. The van der Waals surface area contributed by atoms with Crippen molar-refractivity contribution < 1.29 is 4.52 Å². The molecule has 2 fully saturated rings. The number of nitrogens with zero attached hydrogens (tertiary/aromatic N) is 5. The number of fused-ring (bicyclic) bond motifs is 2. The van der Waals surface area contributed by atoms with Gasteiger partial charge in [0.05, 0.1) is 5.69 Å². The van der Waals surface area contributed by atoms with Gasteiger partial charge in [0.25, 0.3) is 5.95 Å². The predicted molar refractivity (Wildman–Crippen MR) is 89.1 cm³/mol. The number of anilines is 1. The predicted octanol–water partition coefficient (Wildman–Crippen LogP) is 2.92. The van der Waals surface area contributed by atoms with E-state index < -0.39 is 0 Å². The van der Waals surface area contributed by atoms with Gasteiger partial charge in [0.1, 0.15) is 5.82 Å². The van der Waals surface area contributed by atoms with Gasteiger partial charge in [0, 0.05) is 30.6 Å². The molecule has 0 amide bonds. The summed E-state index contributed by atoms with van der Waals surface area (Å²) in [6, 6.07) is 0. The summed E-state index contributed by atoms with van der Waals surface area (Å²) in [5, 5.41) is 4.28. The van der Waals surface area contributed by atoms with Crippen LogP contribution in [0.2, 0.25) is 0 Å². The Balaban J connectivity index is 1.43. The highest BCUT2D eigenvalue weighted by molar-refractivity contribution is 5.39. The zero-order valence-corrected chi connectivity index (χ0v) is 14.2. The maximum atomic E-state index is 5.53. The lowest BCUT2D eigenvalue weighted by molar-refractivity contribution is 0.290. The molecule has 1 saturated carbocycles. The molecular weight excluding hydrogens is 302 g/mol. The van der Waals surface area contributed by atoms with Gasteiger partial charge >= 0.3 is 0 Å². The van der Waals surface area contributed by atoms with Gasteiger partial charge in [-0.25, -0.2) is 9.97 Å². The van der Waals surface area contributed by atoms with Crippen molar-refractivity contribution in [2.24, 2.45) is 0 Å².